The number of halogens is 2. The van der Waals surface area contributed by atoms with Gasteiger partial charge in [-0.3, -0.25) is 19.7 Å². The Morgan fingerprint density at radius 2 is 1.85 bits per heavy atom. The Hall–Kier alpha value is -3.20. The fourth-order valence-electron chi connectivity index (χ4n) is 4.47. The van der Waals surface area contributed by atoms with E-state index in [1.807, 2.05) is 4.90 Å². The molecule has 2 fully saturated rings. The average Bonchev–Trinajstić information content (AvgIpc) is 3.04. The number of ether oxygens (including phenoxy) is 2. The number of pyridine rings is 1. The highest BCUT2D eigenvalue weighted by Crippen LogP contribution is 2.37. The molecule has 3 heterocycles. The van der Waals surface area contributed by atoms with Gasteiger partial charge >= 0.3 is 0 Å². The zero-order valence-corrected chi connectivity index (χ0v) is 18.7. The highest BCUT2D eigenvalue weighted by molar-refractivity contribution is 6.31. The fraction of sp³-hybridized carbons (Fsp3) is 0.391. The van der Waals surface area contributed by atoms with Gasteiger partial charge in [0.2, 0.25) is 11.8 Å². The molecule has 0 aliphatic carbocycles. The maximum atomic E-state index is 13.1. The summed E-state index contributed by atoms with van der Waals surface area (Å²) < 4.78 is 24.7. The van der Waals surface area contributed by atoms with Crippen molar-refractivity contribution >= 4 is 29.3 Å². The summed E-state index contributed by atoms with van der Waals surface area (Å²) in [6.07, 6.45) is 4.32. The van der Waals surface area contributed by atoms with E-state index in [4.69, 9.17) is 21.1 Å². The van der Waals surface area contributed by atoms with Gasteiger partial charge in [-0.05, 0) is 43.2 Å². The highest BCUT2D eigenvalue weighted by Gasteiger charge is 2.44. The van der Waals surface area contributed by atoms with Gasteiger partial charge < -0.3 is 14.4 Å². The van der Waals surface area contributed by atoms with Crippen LogP contribution in [0.15, 0.2) is 36.5 Å². The number of nitrogens with zero attached hydrogens (tertiary/aromatic N) is 2. The summed E-state index contributed by atoms with van der Waals surface area (Å²) in [5.74, 6) is -1.25. The van der Waals surface area contributed by atoms with E-state index in [1.165, 1.54) is 31.3 Å². The minimum absolute atomic E-state index is 0.0176. The molecule has 8 nitrogen and oxygen atoms in total. The highest BCUT2D eigenvalue weighted by atomic mass is 35.5. The molecule has 0 saturated carbocycles. The van der Waals surface area contributed by atoms with Gasteiger partial charge in [-0.1, -0.05) is 11.6 Å². The van der Waals surface area contributed by atoms with Crippen LogP contribution in [0.1, 0.15) is 43.0 Å². The van der Waals surface area contributed by atoms with Crippen LogP contribution in [0.5, 0.6) is 11.6 Å². The third-order valence-electron chi connectivity index (χ3n) is 5.78. The van der Waals surface area contributed by atoms with E-state index >= 15 is 0 Å². The molecule has 3 amide bonds. The summed E-state index contributed by atoms with van der Waals surface area (Å²) >= 11 is 5.92. The summed E-state index contributed by atoms with van der Waals surface area (Å²) in [7, 11) is 0. The minimum atomic E-state index is -0.709. The van der Waals surface area contributed by atoms with E-state index < -0.39 is 11.8 Å². The van der Waals surface area contributed by atoms with Gasteiger partial charge in [0.25, 0.3) is 11.8 Å². The maximum absolute atomic E-state index is 13.1. The van der Waals surface area contributed by atoms with E-state index in [-0.39, 0.29) is 53.0 Å². The number of carbonyl (C=O) groups is 3. The predicted molar refractivity (Wildman–Crippen MR) is 117 cm³/mol. The number of nitrogens with one attached hydrogen (secondary N) is 1. The number of carbonyl (C=O) groups excluding carboxylic acids is 3. The van der Waals surface area contributed by atoms with Crippen molar-refractivity contribution in [2.45, 2.75) is 50.8 Å². The largest absolute Gasteiger partial charge is 0.490 e. The van der Waals surface area contributed by atoms with Crippen molar-refractivity contribution in [2.75, 3.05) is 6.61 Å². The summed E-state index contributed by atoms with van der Waals surface area (Å²) in [5.41, 5.74) is -0.0279. The van der Waals surface area contributed by atoms with Crippen LogP contribution in [0.2, 0.25) is 5.02 Å². The molecular weight excluding hydrogens is 453 g/mol. The molecule has 1 aromatic carbocycles. The first-order chi connectivity index (χ1) is 15.8. The normalized spacial score (nSPS) is 21.4. The zero-order chi connectivity index (χ0) is 23.5. The molecule has 0 radical (unpaired) electrons. The van der Waals surface area contributed by atoms with Crippen LogP contribution >= 0.6 is 11.6 Å². The van der Waals surface area contributed by atoms with E-state index in [2.05, 4.69) is 10.3 Å². The van der Waals surface area contributed by atoms with E-state index in [0.717, 1.165) is 12.8 Å². The van der Waals surface area contributed by atoms with Crippen LogP contribution in [-0.2, 0) is 9.59 Å². The number of hydrogen-bond acceptors (Lipinski definition) is 6. The van der Waals surface area contributed by atoms with Gasteiger partial charge in [0.1, 0.15) is 23.2 Å². The third-order valence-corrected chi connectivity index (χ3v) is 5.99. The second-order valence-electron chi connectivity index (χ2n) is 8.16. The van der Waals surface area contributed by atoms with Crippen molar-refractivity contribution in [3.63, 3.8) is 0 Å². The number of fused-ring (bicyclic) bond motifs is 2. The molecule has 2 saturated heterocycles. The van der Waals surface area contributed by atoms with Crippen molar-refractivity contribution < 1.29 is 28.2 Å². The molecule has 1 aromatic heterocycles. The zero-order valence-electron chi connectivity index (χ0n) is 17.9. The van der Waals surface area contributed by atoms with Gasteiger partial charge in [0.15, 0.2) is 6.61 Å². The molecule has 2 atom stereocenters. The van der Waals surface area contributed by atoms with Gasteiger partial charge in [0, 0.05) is 38.0 Å². The minimum Gasteiger partial charge on any atom is -0.490 e. The van der Waals surface area contributed by atoms with Gasteiger partial charge in [0.05, 0.1) is 5.02 Å². The van der Waals surface area contributed by atoms with Crippen LogP contribution in [0.3, 0.4) is 0 Å². The lowest BCUT2D eigenvalue weighted by Crippen LogP contribution is -2.50. The lowest BCUT2D eigenvalue weighted by Gasteiger charge is -2.38. The van der Waals surface area contributed by atoms with Crippen LogP contribution in [0, 0.1) is 5.82 Å². The number of piperidine rings is 1. The maximum Gasteiger partial charge on any atom is 0.263 e. The Balaban J connectivity index is 1.38. The number of rotatable bonds is 6. The van der Waals surface area contributed by atoms with E-state index in [9.17, 15) is 18.8 Å². The number of benzene rings is 1. The van der Waals surface area contributed by atoms with Crippen molar-refractivity contribution in [2.24, 2.45) is 0 Å². The van der Waals surface area contributed by atoms with Crippen LogP contribution in [-0.4, -0.2) is 52.4 Å². The Bertz CT molecular complexity index is 1050. The summed E-state index contributed by atoms with van der Waals surface area (Å²) in [6, 6.07) is 7.27. The van der Waals surface area contributed by atoms with Gasteiger partial charge in [-0.2, -0.15) is 0 Å². The fourth-order valence-corrected chi connectivity index (χ4v) is 4.63. The van der Waals surface area contributed by atoms with Crippen molar-refractivity contribution in [3.05, 3.63) is 52.9 Å². The second-order valence-corrected chi connectivity index (χ2v) is 8.59. The lowest BCUT2D eigenvalue weighted by atomic mass is 9.99. The molecule has 0 spiro atoms. The lowest BCUT2D eigenvalue weighted by molar-refractivity contribution is -0.139. The number of hydrogen-bond donors (Lipinski definition) is 1. The molecule has 2 unspecified atom stereocenters. The monoisotopic (exact) mass is 475 g/mol. The summed E-state index contributed by atoms with van der Waals surface area (Å²) in [6.45, 7) is 0.907. The van der Waals surface area contributed by atoms with Crippen molar-refractivity contribution in [1.29, 1.82) is 0 Å². The number of amides is 3. The molecule has 2 aromatic rings. The Morgan fingerprint density at radius 3 is 2.48 bits per heavy atom. The molecule has 2 aliphatic heterocycles. The Kier molecular flexibility index (Phi) is 6.78. The second kappa shape index (κ2) is 9.74. The molecular formula is C23H23ClFN3O5. The van der Waals surface area contributed by atoms with Gasteiger partial charge in [-0.15, -0.1) is 0 Å². The molecule has 33 heavy (non-hydrogen) atoms. The topological polar surface area (TPSA) is 97.8 Å². The van der Waals surface area contributed by atoms with Crippen LogP contribution < -0.4 is 14.8 Å². The van der Waals surface area contributed by atoms with Gasteiger partial charge in [-0.25, -0.2) is 9.37 Å². The molecule has 174 valence electrons. The average molecular weight is 476 g/mol. The first-order valence-electron chi connectivity index (χ1n) is 10.6. The SMILES string of the molecule is CC(=O)NC(=O)c1cc(Cl)cnc1OCC(=O)N1C2CCC1CC(Oc1ccc(F)cc1)C2. The first kappa shape index (κ1) is 23.0. The predicted octanol–water partition coefficient (Wildman–Crippen LogP) is 3.13. The van der Waals surface area contributed by atoms with Crippen molar-refractivity contribution in [3.8, 4) is 11.6 Å². The molecule has 4 rings (SSSR count). The Labute approximate surface area is 195 Å². The summed E-state index contributed by atoms with van der Waals surface area (Å²) in [5, 5.41) is 2.34. The number of aromatic nitrogens is 1. The smallest absolute Gasteiger partial charge is 0.263 e. The molecule has 1 N–H and O–H groups in total. The quantitative estimate of drug-likeness (QED) is 0.689. The standard InChI is InChI=1S/C23H23ClFN3O5/c1-13(29)27-22(31)20-8-14(24)11-26-23(20)32-12-21(30)28-16-4-5-17(28)10-19(9-16)33-18-6-2-15(25)3-7-18/h2-3,6-8,11,16-17,19H,4-5,9-10,12H2,1H3,(H,27,29,31). The Morgan fingerprint density at radius 1 is 1.18 bits per heavy atom. The van der Waals surface area contributed by atoms with E-state index in [1.54, 1.807) is 12.1 Å². The van der Waals surface area contributed by atoms with E-state index in [0.29, 0.717) is 18.6 Å². The first-order valence-corrected chi connectivity index (χ1v) is 11.0. The third kappa shape index (κ3) is 5.42. The van der Waals surface area contributed by atoms with Crippen LogP contribution in [0.4, 0.5) is 4.39 Å². The summed E-state index contributed by atoms with van der Waals surface area (Å²) in [4.78, 5) is 42.3. The van der Waals surface area contributed by atoms with Crippen molar-refractivity contribution in [1.82, 2.24) is 15.2 Å². The molecule has 10 heteroatoms. The molecule has 2 aliphatic rings. The number of imide groups is 1. The van der Waals surface area contributed by atoms with Crippen LogP contribution in [0.25, 0.3) is 0 Å². The molecule has 2 bridgehead atoms.